The maximum Gasteiger partial charge on any atom is 0.387 e. The van der Waals surface area contributed by atoms with Crippen molar-refractivity contribution in [3.05, 3.63) is 48.0 Å². The van der Waals surface area contributed by atoms with Crippen molar-refractivity contribution in [2.45, 2.75) is 38.0 Å². The van der Waals surface area contributed by atoms with Gasteiger partial charge in [0.15, 0.2) is 18.0 Å². The number of hydrogen-bond acceptors (Lipinski definition) is 5. The fourth-order valence-corrected chi connectivity index (χ4v) is 4.45. The van der Waals surface area contributed by atoms with Crippen molar-refractivity contribution in [3.8, 4) is 17.2 Å². The molecule has 0 radical (unpaired) electrons. The van der Waals surface area contributed by atoms with Gasteiger partial charge in [0.05, 0.1) is 20.8 Å². The predicted molar refractivity (Wildman–Crippen MR) is 112 cm³/mol. The second-order valence-corrected chi connectivity index (χ2v) is 7.72. The maximum atomic E-state index is 12.5. The van der Waals surface area contributed by atoms with E-state index in [4.69, 9.17) is 9.47 Å². The summed E-state index contributed by atoms with van der Waals surface area (Å²) in [5.41, 5.74) is 0.132. The molecule has 8 heteroatoms. The molecule has 2 aromatic rings. The van der Waals surface area contributed by atoms with E-state index in [-0.39, 0.29) is 12.3 Å². The number of methoxy groups -OCH3 is 2. The number of benzene rings is 2. The van der Waals surface area contributed by atoms with Crippen molar-refractivity contribution in [1.29, 1.82) is 0 Å². The lowest BCUT2D eigenvalue weighted by Crippen LogP contribution is -2.41. The van der Waals surface area contributed by atoms with E-state index in [1.807, 2.05) is 22.8 Å². The van der Waals surface area contributed by atoms with E-state index in [1.165, 1.54) is 12.1 Å². The lowest BCUT2D eigenvalue weighted by Gasteiger charge is -2.24. The molecule has 0 unspecified atom stereocenters. The summed E-state index contributed by atoms with van der Waals surface area (Å²) in [6.45, 7) is -1.91. The Labute approximate surface area is 180 Å². The molecule has 0 spiro atoms. The van der Waals surface area contributed by atoms with Crippen LogP contribution in [0.4, 0.5) is 14.5 Å². The van der Waals surface area contributed by atoms with Crippen LogP contribution in [0.5, 0.6) is 17.2 Å². The molecule has 4 rings (SSSR count). The molecule has 6 nitrogen and oxygen atoms in total. The quantitative estimate of drug-likeness (QED) is 0.699. The van der Waals surface area contributed by atoms with Crippen molar-refractivity contribution in [1.82, 2.24) is 0 Å². The van der Waals surface area contributed by atoms with Crippen LogP contribution in [0.3, 0.4) is 0 Å². The zero-order valence-corrected chi connectivity index (χ0v) is 17.7. The van der Waals surface area contributed by atoms with Gasteiger partial charge in [-0.25, -0.2) is 9.48 Å². The Morgan fingerprint density at radius 3 is 2.42 bits per heavy atom. The van der Waals surface area contributed by atoms with E-state index in [0.717, 1.165) is 37.2 Å². The normalized spacial score (nSPS) is 21.2. The molecule has 0 fully saturated rings. The molecule has 2 aromatic carbocycles. The van der Waals surface area contributed by atoms with Crippen LogP contribution in [0.25, 0.3) is 0 Å². The van der Waals surface area contributed by atoms with Gasteiger partial charge in [0.1, 0.15) is 11.5 Å². The standard InChI is InChI=1S/C23H27F2N2O4/c1-29-18-11-12-20(30-2)19(14-18)26-15-23(28,27-13-5-3-4-6-21(26)27)16-7-9-17(10-8-16)31-22(24)25/h7-12,14,22,28H,3-6,13,15H2,1-2H3/q+1/t23-/m0/s1. The molecule has 0 saturated heterocycles. The maximum absolute atomic E-state index is 12.5. The molecule has 0 aromatic heterocycles. The number of halogens is 2. The summed E-state index contributed by atoms with van der Waals surface area (Å²) in [5.74, 6) is 2.45. The fourth-order valence-electron chi connectivity index (χ4n) is 4.45. The third-order valence-electron chi connectivity index (χ3n) is 5.95. The van der Waals surface area contributed by atoms with E-state index in [2.05, 4.69) is 9.64 Å². The predicted octanol–water partition coefficient (Wildman–Crippen LogP) is 3.96. The molecule has 166 valence electrons. The molecular formula is C23H27F2N2O4+. The van der Waals surface area contributed by atoms with Gasteiger partial charge >= 0.3 is 6.61 Å². The highest BCUT2D eigenvalue weighted by Gasteiger charge is 2.52. The minimum atomic E-state index is -2.89. The monoisotopic (exact) mass is 433 g/mol. The molecule has 0 aliphatic carbocycles. The van der Waals surface area contributed by atoms with E-state index in [0.29, 0.717) is 23.6 Å². The first kappa shape index (κ1) is 21.4. The average Bonchev–Trinajstić information content (AvgIpc) is 2.92. The zero-order chi connectivity index (χ0) is 22.0. The van der Waals surface area contributed by atoms with Gasteiger partial charge in [-0.15, -0.1) is 0 Å². The molecule has 0 saturated carbocycles. The number of hydrogen-bond donors (Lipinski definition) is 1. The summed E-state index contributed by atoms with van der Waals surface area (Å²) in [7, 11) is 3.23. The van der Waals surface area contributed by atoms with Crippen LogP contribution in [0.1, 0.15) is 31.2 Å². The first-order chi connectivity index (χ1) is 15.0. The third-order valence-corrected chi connectivity index (χ3v) is 5.95. The third kappa shape index (κ3) is 4.04. The highest BCUT2D eigenvalue weighted by molar-refractivity contribution is 5.97. The van der Waals surface area contributed by atoms with Gasteiger partial charge in [-0.05, 0) is 55.7 Å². The first-order valence-electron chi connectivity index (χ1n) is 10.4. The van der Waals surface area contributed by atoms with Crippen LogP contribution in [0.15, 0.2) is 42.5 Å². The summed E-state index contributed by atoms with van der Waals surface area (Å²) in [4.78, 5) is 2.08. The molecule has 1 atom stereocenters. The molecule has 0 amide bonds. The molecule has 1 N–H and O–H groups in total. The van der Waals surface area contributed by atoms with Crippen LogP contribution < -0.4 is 19.1 Å². The molecule has 2 aliphatic heterocycles. The molecular weight excluding hydrogens is 406 g/mol. The lowest BCUT2D eigenvalue weighted by molar-refractivity contribution is -0.658. The summed E-state index contributed by atoms with van der Waals surface area (Å²) >= 11 is 0. The van der Waals surface area contributed by atoms with Crippen LogP contribution in [0, 0.1) is 0 Å². The first-order valence-corrected chi connectivity index (χ1v) is 10.4. The van der Waals surface area contributed by atoms with E-state index >= 15 is 0 Å². The Bertz CT molecular complexity index is 965. The Balaban J connectivity index is 1.77. The topological polar surface area (TPSA) is 54.2 Å². The number of rotatable bonds is 6. The smallest absolute Gasteiger partial charge is 0.387 e. The second kappa shape index (κ2) is 8.70. The number of alkyl halides is 2. The van der Waals surface area contributed by atoms with Gasteiger partial charge in [0, 0.05) is 18.1 Å². The van der Waals surface area contributed by atoms with Crippen LogP contribution in [-0.4, -0.2) is 49.4 Å². The van der Waals surface area contributed by atoms with Crippen molar-refractivity contribution >= 4 is 11.5 Å². The van der Waals surface area contributed by atoms with Gasteiger partial charge < -0.3 is 19.3 Å². The van der Waals surface area contributed by atoms with Gasteiger partial charge in [0.2, 0.25) is 0 Å². The number of aliphatic hydroxyl groups is 1. The minimum Gasteiger partial charge on any atom is -0.497 e. The van der Waals surface area contributed by atoms with E-state index < -0.39 is 12.3 Å². The summed E-state index contributed by atoms with van der Waals surface area (Å²) in [6, 6.07) is 11.8. The van der Waals surface area contributed by atoms with Crippen molar-refractivity contribution in [2.24, 2.45) is 0 Å². The summed E-state index contributed by atoms with van der Waals surface area (Å²) in [5, 5.41) is 11.9. The van der Waals surface area contributed by atoms with Crippen molar-refractivity contribution in [2.75, 3.05) is 32.2 Å². The SMILES string of the molecule is COc1ccc(OC)c(N2C[C@](O)(c3ccc(OC(F)F)cc3)[N+]3=C2CCCCC3)c1. The van der Waals surface area contributed by atoms with Gasteiger partial charge in [-0.3, -0.25) is 0 Å². The Morgan fingerprint density at radius 1 is 1.00 bits per heavy atom. The molecule has 31 heavy (non-hydrogen) atoms. The highest BCUT2D eigenvalue weighted by atomic mass is 19.3. The van der Waals surface area contributed by atoms with Crippen molar-refractivity contribution < 1.29 is 32.7 Å². The number of β-amino-alcohol motifs (C(OH)–C–C–N with tert-alkyl or cyclic N) is 1. The van der Waals surface area contributed by atoms with E-state index in [9.17, 15) is 13.9 Å². The molecule has 0 bridgehead atoms. The van der Waals surface area contributed by atoms with Crippen molar-refractivity contribution in [3.63, 3.8) is 0 Å². The Hall–Kier alpha value is -2.87. The Morgan fingerprint density at radius 2 is 1.74 bits per heavy atom. The highest BCUT2D eigenvalue weighted by Crippen LogP contribution is 2.40. The summed E-state index contributed by atoms with van der Waals surface area (Å²) in [6.07, 6.45) is 3.86. The van der Waals surface area contributed by atoms with Crippen LogP contribution in [0.2, 0.25) is 0 Å². The van der Waals surface area contributed by atoms with Gasteiger partial charge in [0.25, 0.3) is 11.6 Å². The number of ether oxygens (including phenoxy) is 3. The van der Waals surface area contributed by atoms with E-state index in [1.54, 1.807) is 26.4 Å². The average molecular weight is 433 g/mol. The van der Waals surface area contributed by atoms with Crippen LogP contribution in [-0.2, 0) is 5.72 Å². The fraction of sp³-hybridized carbons (Fsp3) is 0.435. The zero-order valence-electron chi connectivity index (χ0n) is 17.7. The minimum absolute atomic E-state index is 0.0618. The number of amidine groups is 1. The lowest BCUT2D eigenvalue weighted by atomic mass is 10.0. The van der Waals surface area contributed by atoms with Crippen LogP contribution >= 0.6 is 0 Å². The largest absolute Gasteiger partial charge is 0.497 e. The second-order valence-electron chi connectivity index (χ2n) is 7.72. The summed E-state index contributed by atoms with van der Waals surface area (Å²) < 4.78 is 42.6. The molecule has 2 heterocycles. The number of anilines is 1. The molecule has 2 aliphatic rings. The van der Waals surface area contributed by atoms with Gasteiger partial charge in [-0.1, -0.05) is 0 Å². The Kier molecular flexibility index (Phi) is 6.00. The van der Waals surface area contributed by atoms with Gasteiger partial charge in [-0.2, -0.15) is 8.78 Å². The number of nitrogens with zero attached hydrogens (tertiary/aromatic N) is 2.